The number of aromatic nitrogens is 2. The number of benzene rings is 2. The van der Waals surface area contributed by atoms with Gasteiger partial charge in [-0.05, 0) is 43.7 Å². The van der Waals surface area contributed by atoms with Gasteiger partial charge in [-0.2, -0.15) is 0 Å². The third-order valence-corrected chi connectivity index (χ3v) is 6.16. The Kier molecular flexibility index (Phi) is 7.89. The maximum absolute atomic E-state index is 14.0. The second-order valence-electron chi connectivity index (χ2n) is 8.32. The Labute approximate surface area is 207 Å². The van der Waals surface area contributed by atoms with Gasteiger partial charge in [0.25, 0.3) is 11.8 Å². The van der Waals surface area contributed by atoms with E-state index in [-0.39, 0.29) is 40.6 Å². The average Bonchev–Trinajstić information content (AvgIpc) is 3.12. The molecule has 1 atom stereocenters. The molecule has 1 saturated heterocycles. The molecule has 1 aromatic heterocycles. The van der Waals surface area contributed by atoms with Crippen molar-refractivity contribution in [3.8, 4) is 11.3 Å². The summed E-state index contributed by atoms with van der Waals surface area (Å²) < 4.78 is 14.0. The number of carbonyl (C=O) groups excluding carboxylic acids is 2. The van der Waals surface area contributed by atoms with Gasteiger partial charge in [0.2, 0.25) is 0 Å². The molecule has 1 unspecified atom stereocenters. The molecule has 10 heteroatoms. The van der Waals surface area contributed by atoms with E-state index in [2.05, 4.69) is 25.9 Å². The smallest absolute Gasteiger partial charge is 0.274 e. The van der Waals surface area contributed by atoms with E-state index in [9.17, 15) is 14.0 Å². The van der Waals surface area contributed by atoms with E-state index in [0.29, 0.717) is 23.4 Å². The van der Waals surface area contributed by atoms with Crippen molar-refractivity contribution in [2.24, 2.45) is 0 Å². The number of hydrogen-bond donors (Lipinski definition) is 4. The molecule has 1 aliphatic heterocycles. The van der Waals surface area contributed by atoms with Crippen molar-refractivity contribution in [1.29, 1.82) is 0 Å². The van der Waals surface area contributed by atoms with Crippen LogP contribution in [0.25, 0.3) is 11.3 Å². The van der Waals surface area contributed by atoms with Crippen molar-refractivity contribution >= 4 is 29.2 Å². The van der Waals surface area contributed by atoms with Gasteiger partial charge in [0, 0.05) is 40.8 Å². The van der Waals surface area contributed by atoms with Crippen LogP contribution in [0.4, 0.5) is 10.2 Å². The number of amides is 2. The van der Waals surface area contributed by atoms with Gasteiger partial charge in [-0.3, -0.25) is 9.59 Å². The third-order valence-electron chi connectivity index (χ3n) is 5.81. The Bertz CT molecular complexity index is 1210. The van der Waals surface area contributed by atoms with Crippen LogP contribution in [0.5, 0.6) is 0 Å². The number of nitrogens with two attached hydrogens (primary N) is 1. The summed E-state index contributed by atoms with van der Waals surface area (Å²) in [6.07, 6.45) is 4.43. The van der Waals surface area contributed by atoms with Crippen molar-refractivity contribution < 1.29 is 14.0 Å². The van der Waals surface area contributed by atoms with Crippen molar-refractivity contribution in [3.63, 3.8) is 0 Å². The Morgan fingerprint density at radius 1 is 1.17 bits per heavy atom. The number of carbonyl (C=O) groups is 2. The third kappa shape index (κ3) is 6.12. The number of halogens is 2. The lowest BCUT2D eigenvalue weighted by atomic mass is 10.1. The maximum atomic E-state index is 14.0. The number of hydrogen-bond acceptors (Lipinski definition) is 6. The topological polar surface area (TPSA) is 122 Å². The molecule has 0 saturated carbocycles. The molecule has 0 spiro atoms. The summed E-state index contributed by atoms with van der Waals surface area (Å²) in [7, 11) is 0. The van der Waals surface area contributed by atoms with Gasteiger partial charge in [-0.25, -0.2) is 14.4 Å². The number of nitrogens with zero attached hydrogens (tertiary/aromatic N) is 2. The monoisotopic (exact) mass is 496 g/mol. The zero-order valence-electron chi connectivity index (χ0n) is 19.0. The SMILES string of the molecule is Nc1ncc(-c2cccc(C(=O)NCc3c(F)cccc3Cl)c2)nc1C(=O)NC1CCCCNC1. The van der Waals surface area contributed by atoms with Crippen LogP contribution in [0.2, 0.25) is 5.02 Å². The zero-order valence-corrected chi connectivity index (χ0v) is 19.7. The van der Waals surface area contributed by atoms with Crippen molar-refractivity contribution in [2.75, 3.05) is 18.8 Å². The Balaban J connectivity index is 1.49. The summed E-state index contributed by atoms with van der Waals surface area (Å²) in [6, 6.07) is 11.0. The van der Waals surface area contributed by atoms with Crippen molar-refractivity contribution in [3.05, 3.63) is 76.3 Å². The van der Waals surface area contributed by atoms with Gasteiger partial charge >= 0.3 is 0 Å². The molecule has 1 fully saturated rings. The van der Waals surface area contributed by atoms with Gasteiger partial charge in [0.1, 0.15) is 5.82 Å². The minimum absolute atomic E-state index is 0.00941. The quantitative estimate of drug-likeness (QED) is 0.415. The molecule has 2 aromatic carbocycles. The van der Waals surface area contributed by atoms with Crippen LogP contribution in [-0.2, 0) is 6.54 Å². The number of nitrogen functional groups attached to an aromatic ring is 1. The molecule has 0 bridgehead atoms. The largest absolute Gasteiger partial charge is 0.382 e. The van der Waals surface area contributed by atoms with Crippen LogP contribution in [0.1, 0.15) is 45.7 Å². The number of anilines is 1. The predicted molar refractivity (Wildman–Crippen MR) is 132 cm³/mol. The Morgan fingerprint density at radius 2 is 2.00 bits per heavy atom. The second-order valence-corrected chi connectivity index (χ2v) is 8.73. The second kappa shape index (κ2) is 11.2. The summed E-state index contributed by atoms with van der Waals surface area (Å²) in [4.78, 5) is 34.1. The van der Waals surface area contributed by atoms with Gasteiger partial charge in [-0.1, -0.05) is 36.2 Å². The molecule has 3 aromatic rings. The van der Waals surface area contributed by atoms with E-state index in [4.69, 9.17) is 17.3 Å². The first-order chi connectivity index (χ1) is 16.9. The van der Waals surface area contributed by atoms with E-state index in [1.165, 1.54) is 18.3 Å². The fourth-order valence-corrected chi connectivity index (χ4v) is 4.12. The molecule has 0 radical (unpaired) electrons. The van der Waals surface area contributed by atoms with Crippen LogP contribution in [0.3, 0.4) is 0 Å². The molecule has 4 rings (SSSR count). The first kappa shape index (κ1) is 24.6. The highest BCUT2D eigenvalue weighted by Gasteiger charge is 2.20. The lowest BCUT2D eigenvalue weighted by Crippen LogP contribution is -2.41. The number of rotatable bonds is 6. The molecule has 8 nitrogen and oxygen atoms in total. The standard InChI is InChI=1S/C25H26ClFN6O2/c26-19-8-4-9-20(27)18(19)13-31-24(34)16-6-3-5-15(11-16)21-14-30-23(28)22(33-21)25(35)32-17-7-1-2-10-29-12-17/h3-6,8-9,11,14,17,29H,1-2,7,10,12-13H2,(H2,28,30)(H,31,34)(H,32,35). The van der Waals surface area contributed by atoms with Crippen LogP contribution >= 0.6 is 11.6 Å². The van der Waals surface area contributed by atoms with Crippen molar-refractivity contribution in [1.82, 2.24) is 25.9 Å². The molecule has 2 amide bonds. The van der Waals surface area contributed by atoms with Crippen LogP contribution < -0.4 is 21.7 Å². The molecule has 2 heterocycles. The van der Waals surface area contributed by atoms with Gasteiger partial charge in [0.15, 0.2) is 11.5 Å². The Morgan fingerprint density at radius 3 is 2.83 bits per heavy atom. The van der Waals surface area contributed by atoms with E-state index in [1.807, 2.05) is 0 Å². The van der Waals surface area contributed by atoms with Gasteiger partial charge in [0.05, 0.1) is 11.9 Å². The summed E-state index contributed by atoms with van der Waals surface area (Å²) in [6.45, 7) is 1.56. The van der Waals surface area contributed by atoms with E-state index in [0.717, 1.165) is 25.8 Å². The Hall–Kier alpha value is -3.56. The van der Waals surface area contributed by atoms with Gasteiger partial charge < -0.3 is 21.7 Å². The molecule has 182 valence electrons. The fourth-order valence-electron chi connectivity index (χ4n) is 3.89. The summed E-state index contributed by atoms with van der Waals surface area (Å²) >= 11 is 6.03. The highest BCUT2D eigenvalue weighted by atomic mass is 35.5. The minimum Gasteiger partial charge on any atom is -0.382 e. The molecule has 35 heavy (non-hydrogen) atoms. The van der Waals surface area contributed by atoms with E-state index in [1.54, 1.807) is 30.3 Å². The fraction of sp³-hybridized carbons (Fsp3) is 0.280. The molecular weight excluding hydrogens is 471 g/mol. The highest BCUT2D eigenvalue weighted by Crippen LogP contribution is 2.21. The van der Waals surface area contributed by atoms with E-state index >= 15 is 0 Å². The van der Waals surface area contributed by atoms with Gasteiger partial charge in [-0.15, -0.1) is 0 Å². The lowest BCUT2D eigenvalue weighted by molar-refractivity contribution is 0.0928. The highest BCUT2D eigenvalue weighted by molar-refractivity contribution is 6.31. The predicted octanol–water partition coefficient (Wildman–Crippen LogP) is 3.32. The van der Waals surface area contributed by atoms with Crippen LogP contribution in [-0.4, -0.2) is 40.9 Å². The molecule has 0 aliphatic carbocycles. The first-order valence-corrected chi connectivity index (χ1v) is 11.8. The summed E-state index contributed by atoms with van der Waals surface area (Å²) in [5, 5.41) is 9.19. The molecule has 1 aliphatic rings. The maximum Gasteiger partial charge on any atom is 0.274 e. The van der Waals surface area contributed by atoms with Crippen LogP contribution in [0, 0.1) is 5.82 Å². The molecule has 5 N–H and O–H groups in total. The van der Waals surface area contributed by atoms with E-state index < -0.39 is 11.7 Å². The zero-order chi connectivity index (χ0) is 24.8. The summed E-state index contributed by atoms with van der Waals surface area (Å²) in [5.74, 6) is -1.26. The average molecular weight is 497 g/mol. The first-order valence-electron chi connectivity index (χ1n) is 11.4. The normalized spacial score (nSPS) is 15.8. The molecular formula is C25H26ClFN6O2. The lowest BCUT2D eigenvalue weighted by Gasteiger charge is -2.16. The minimum atomic E-state index is -0.492. The summed E-state index contributed by atoms with van der Waals surface area (Å²) in [5.41, 5.74) is 7.51. The van der Waals surface area contributed by atoms with Crippen LogP contribution in [0.15, 0.2) is 48.7 Å². The van der Waals surface area contributed by atoms with Crippen molar-refractivity contribution in [2.45, 2.75) is 31.8 Å². The number of nitrogens with one attached hydrogen (secondary N) is 3.